The summed E-state index contributed by atoms with van der Waals surface area (Å²) < 4.78 is 1.09. The topological polar surface area (TPSA) is 85.3 Å². The zero-order chi connectivity index (χ0) is 10.9. The number of pyridine rings is 1. The summed E-state index contributed by atoms with van der Waals surface area (Å²) in [6.07, 6.45) is 0. The smallest absolute Gasteiger partial charge is 0.266 e. The van der Waals surface area contributed by atoms with Crippen LogP contribution in [0.15, 0.2) is 10.9 Å². The summed E-state index contributed by atoms with van der Waals surface area (Å²) in [7, 11) is 0. The molecule has 0 aliphatic rings. The van der Waals surface area contributed by atoms with Gasteiger partial charge in [-0.1, -0.05) is 0 Å². The lowest BCUT2D eigenvalue weighted by molar-refractivity contribution is 0.0997. The molecule has 0 atom stereocenters. The molecule has 0 saturated carbocycles. The Labute approximate surface area is 80.8 Å². The maximum absolute atomic E-state index is 11.6. The molecule has 1 rings (SSSR count). The lowest BCUT2D eigenvalue weighted by atomic mass is 10.1. The average Bonchev–Trinajstić information content (AvgIpc) is 2.02. The van der Waals surface area contributed by atoms with Crippen molar-refractivity contribution in [3.05, 3.63) is 27.5 Å². The highest BCUT2D eigenvalue weighted by Gasteiger charge is 2.14. The van der Waals surface area contributed by atoms with Crippen LogP contribution < -0.4 is 11.3 Å². The summed E-state index contributed by atoms with van der Waals surface area (Å²) in [5.41, 5.74) is 4.84. The van der Waals surface area contributed by atoms with E-state index in [4.69, 9.17) is 5.73 Å². The van der Waals surface area contributed by atoms with Crippen LogP contribution in [-0.4, -0.2) is 15.6 Å². The van der Waals surface area contributed by atoms with Crippen molar-refractivity contribution in [2.45, 2.75) is 20.4 Å². The molecule has 5 heteroatoms. The van der Waals surface area contributed by atoms with Crippen molar-refractivity contribution >= 4 is 5.91 Å². The van der Waals surface area contributed by atoms with Gasteiger partial charge in [-0.25, -0.2) is 0 Å². The predicted octanol–water partition coefficient (Wildman–Crippen LogP) is -0.0189. The summed E-state index contributed by atoms with van der Waals surface area (Å²) in [5, 5.41) is 9.39. The van der Waals surface area contributed by atoms with Gasteiger partial charge in [0.1, 0.15) is 5.56 Å². The molecule has 0 saturated heterocycles. The molecule has 1 amide bonds. The van der Waals surface area contributed by atoms with Crippen LogP contribution >= 0.6 is 0 Å². The van der Waals surface area contributed by atoms with Crippen molar-refractivity contribution in [1.29, 1.82) is 0 Å². The van der Waals surface area contributed by atoms with Crippen molar-refractivity contribution in [3.8, 4) is 5.88 Å². The predicted molar refractivity (Wildman–Crippen MR) is 51.3 cm³/mol. The number of hydrogen-bond donors (Lipinski definition) is 2. The van der Waals surface area contributed by atoms with Gasteiger partial charge in [-0.05, 0) is 19.4 Å². The molecule has 0 aromatic carbocycles. The third-order valence-electron chi connectivity index (χ3n) is 2.04. The highest BCUT2D eigenvalue weighted by atomic mass is 16.3. The van der Waals surface area contributed by atoms with Crippen molar-refractivity contribution in [2.24, 2.45) is 5.73 Å². The van der Waals surface area contributed by atoms with Gasteiger partial charge in [0.25, 0.3) is 11.5 Å². The Bertz CT molecular complexity index is 434. The second-order valence-electron chi connectivity index (χ2n) is 2.97. The fourth-order valence-electron chi connectivity index (χ4n) is 1.36. The van der Waals surface area contributed by atoms with Crippen LogP contribution in [0.5, 0.6) is 5.88 Å². The number of aromatic hydroxyl groups is 1. The number of nitrogens with two attached hydrogens (primary N) is 1. The lowest BCUT2D eigenvalue weighted by Gasteiger charge is -2.08. The number of carbonyl (C=O) groups is 1. The first-order chi connectivity index (χ1) is 6.49. The number of hydrogen-bond acceptors (Lipinski definition) is 3. The van der Waals surface area contributed by atoms with E-state index < -0.39 is 11.5 Å². The first-order valence-electron chi connectivity index (χ1n) is 4.22. The van der Waals surface area contributed by atoms with Crippen LogP contribution in [0.1, 0.15) is 22.8 Å². The van der Waals surface area contributed by atoms with Gasteiger partial charge >= 0.3 is 0 Å². The summed E-state index contributed by atoms with van der Waals surface area (Å²) in [6, 6.07) is 1.35. The molecule has 0 spiro atoms. The van der Waals surface area contributed by atoms with Crippen LogP contribution in [0.3, 0.4) is 0 Å². The van der Waals surface area contributed by atoms with Crippen LogP contribution in [-0.2, 0) is 6.54 Å². The summed E-state index contributed by atoms with van der Waals surface area (Å²) >= 11 is 0. The molecule has 14 heavy (non-hydrogen) atoms. The maximum atomic E-state index is 11.6. The van der Waals surface area contributed by atoms with Crippen molar-refractivity contribution in [1.82, 2.24) is 4.57 Å². The van der Waals surface area contributed by atoms with E-state index in [1.165, 1.54) is 6.07 Å². The van der Waals surface area contributed by atoms with E-state index in [1.54, 1.807) is 13.8 Å². The van der Waals surface area contributed by atoms with Gasteiger partial charge in [-0.15, -0.1) is 0 Å². The average molecular weight is 196 g/mol. The van der Waals surface area contributed by atoms with E-state index in [9.17, 15) is 14.7 Å². The lowest BCUT2D eigenvalue weighted by Crippen LogP contribution is -2.30. The Morgan fingerprint density at radius 3 is 2.64 bits per heavy atom. The van der Waals surface area contributed by atoms with Gasteiger partial charge in [0.15, 0.2) is 5.88 Å². The molecule has 0 fully saturated rings. The van der Waals surface area contributed by atoms with E-state index in [0.29, 0.717) is 12.1 Å². The number of primary amides is 1. The molecule has 0 aliphatic heterocycles. The Morgan fingerprint density at radius 2 is 2.21 bits per heavy atom. The summed E-state index contributed by atoms with van der Waals surface area (Å²) in [5.74, 6) is -0.922. The molecule has 0 aliphatic carbocycles. The highest BCUT2D eigenvalue weighted by molar-refractivity contribution is 5.93. The van der Waals surface area contributed by atoms with E-state index in [2.05, 4.69) is 0 Å². The second kappa shape index (κ2) is 3.53. The molecule has 1 heterocycles. The van der Waals surface area contributed by atoms with Gasteiger partial charge in [-0.3, -0.25) is 14.2 Å². The molecule has 5 nitrogen and oxygen atoms in total. The normalized spacial score (nSPS) is 10.1. The minimum absolute atomic E-state index is 0.0651. The van der Waals surface area contributed by atoms with E-state index >= 15 is 0 Å². The van der Waals surface area contributed by atoms with Gasteiger partial charge in [0.2, 0.25) is 0 Å². The SMILES string of the molecule is CCn1c(O)cc(C)c(C(N)=O)c1=O. The molecular formula is C9H12N2O3. The minimum Gasteiger partial charge on any atom is -0.494 e. The van der Waals surface area contributed by atoms with E-state index in [0.717, 1.165) is 4.57 Å². The molecule has 0 radical (unpaired) electrons. The zero-order valence-electron chi connectivity index (χ0n) is 8.07. The van der Waals surface area contributed by atoms with Crippen LogP contribution in [0.4, 0.5) is 0 Å². The molecule has 0 bridgehead atoms. The number of nitrogens with zero attached hydrogens (tertiary/aromatic N) is 1. The third kappa shape index (κ3) is 1.48. The second-order valence-corrected chi connectivity index (χ2v) is 2.97. The van der Waals surface area contributed by atoms with Crippen LogP contribution in [0.25, 0.3) is 0 Å². The van der Waals surface area contributed by atoms with Crippen LogP contribution in [0, 0.1) is 6.92 Å². The van der Waals surface area contributed by atoms with Gasteiger partial charge in [0, 0.05) is 12.6 Å². The number of rotatable bonds is 2. The first kappa shape index (κ1) is 10.3. The standard InChI is InChI=1S/C9H12N2O3/c1-3-11-6(12)4-5(2)7(8(10)13)9(11)14/h4,12H,3H2,1-2H3,(H2,10,13). The minimum atomic E-state index is -0.769. The monoisotopic (exact) mass is 196 g/mol. The molecule has 3 N–H and O–H groups in total. The number of aromatic nitrogens is 1. The molecule has 1 aromatic heterocycles. The maximum Gasteiger partial charge on any atom is 0.266 e. The zero-order valence-corrected chi connectivity index (χ0v) is 8.07. The van der Waals surface area contributed by atoms with Gasteiger partial charge in [-0.2, -0.15) is 0 Å². The highest BCUT2D eigenvalue weighted by Crippen LogP contribution is 2.11. The largest absolute Gasteiger partial charge is 0.494 e. The number of aryl methyl sites for hydroxylation is 1. The summed E-state index contributed by atoms with van der Waals surface area (Å²) in [4.78, 5) is 22.5. The van der Waals surface area contributed by atoms with Crippen molar-refractivity contribution in [3.63, 3.8) is 0 Å². The third-order valence-corrected chi connectivity index (χ3v) is 2.04. The van der Waals surface area contributed by atoms with Crippen molar-refractivity contribution < 1.29 is 9.90 Å². The number of amides is 1. The Kier molecular flexibility index (Phi) is 2.60. The Balaban J connectivity index is 3.61. The van der Waals surface area contributed by atoms with Gasteiger partial charge in [0.05, 0.1) is 0 Å². The van der Waals surface area contributed by atoms with E-state index in [-0.39, 0.29) is 11.4 Å². The summed E-state index contributed by atoms with van der Waals surface area (Å²) in [6.45, 7) is 3.55. The quantitative estimate of drug-likeness (QED) is 0.697. The Hall–Kier alpha value is -1.78. The molecule has 0 unspecified atom stereocenters. The number of carbonyl (C=O) groups excluding carboxylic acids is 1. The van der Waals surface area contributed by atoms with Crippen LogP contribution in [0.2, 0.25) is 0 Å². The van der Waals surface area contributed by atoms with Gasteiger partial charge < -0.3 is 10.8 Å². The molecular weight excluding hydrogens is 184 g/mol. The Morgan fingerprint density at radius 1 is 1.64 bits per heavy atom. The van der Waals surface area contributed by atoms with Crippen molar-refractivity contribution in [2.75, 3.05) is 0 Å². The molecule has 1 aromatic rings. The fourth-order valence-corrected chi connectivity index (χ4v) is 1.36. The fraction of sp³-hybridized carbons (Fsp3) is 0.333. The molecule has 76 valence electrons. The first-order valence-corrected chi connectivity index (χ1v) is 4.22. The van der Waals surface area contributed by atoms with E-state index in [1.807, 2.05) is 0 Å².